The van der Waals surface area contributed by atoms with Crippen LogP contribution in [-0.2, 0) is 18.4 Å². The molecule has 0 amide bonds. The molecule has 4 heteroatoms. The standard InChI is InChI=1S/C22H26N4/c1-15-18(19-7-5-6-8-20(19)26-15)9-10-24-13-16-11-17(12-23)21(25-14-16)22(2,3)4/h5-8,11,14,24,26H,9-10,13H2,1-4H3. The van der Waals surface area contributed by atoms with Crippen LogP contribution in [0, 0.1) is 18.3 Å². The number of pyridine rings is 1. The van der Waals surface area contributed by atoms with Gasteiger partial charge in [0, 0.05) is 34.8 Å². The van der Waals surface area contributed by atoms with Gasteiger partial charge in [-0.2, -0.15) is 5.26 Å². The molecule has 0 atom stereocenters. The van der Waals surface area contributed by atoms with Crippen molar-refractivity contribution in [2.24, 2.45) is 0 Å². The highest BCUT2D eigenvalue weighted by Crippen LogP contribution is 2.24. The topological polar surface area (TPSA) is 64.5 Å². The summed E-state index contributed by atoms with van der Waals surface area (Å²) < 4.78 is 0. The fourth-order valence-corrected chi connectivity index (χ4v) is 3.39. The first-order valence-electron chi connectivity index (χ1n) is 9.06. The number of para-hydroxylation sites is 1. The van der Waals surface area contributed by atoms with E-state index >= 15 is 0 Å². The second-order valence-corrected chi connectivity index (χ2v) is 7.80. The van der Waals surface area contributed by atoms with Gasteiger partial charge >= 0.3 is 0 Å². The first-order valence-corrected chi connectivity index (χ1v) is 9.06. The van der Waals surface area contributed by atoms with Crippen LogP contribution in [0.2, 0.25) is 0 Å². The summed E-state index contributed by atoms with van der Waals surface area (Å²) in [5, 5.41) is 14.2. The summed E-state index contributed by atoms with van der Waals surface area (Å²) in [6, 6.07) is 12.7. The SMILES string of the molecule is Cc1[nH]c2ccccc2c1CCNCc1cnc(C(C)(C)C)c(C#N)c1. The number of benzene rings is 1. The van der Waals surface area contributed by atoms with E-state index in [0.29, 0.717) is 12.1 Å². The molecule has 26 heavy (non-hydrogen) atoms. The number of aromatic nitrogens is 2. The predicted octanol–water partition coefficient (Wildman–Crippen LogP) is 4.37. The average molecular weight is 346 g/mol. The number of hydrogen-bond donors (Lipinski definition) is 2. The van der Waals surface area contributed by atoms with Gasteiger partial charge in [-0.25, -0.2) is 0 Å². The highest BCUT2D eigenvalue weighted by atomic mass is 14.9. The average Bonchev–Trinajstić information content (AvgIpc) is 2.93. The molecule has 0 aliphatic rings. The Hall–Kier alpha value is -2.64. The van der Waals surface area contributed by atoms with Crippen LogP contribution in [0.5, 0.6) is 0 Å². The number of aryl methyl sites for hydroxylation is 1. The third kappa shape index (κ3) is 3.79. The lowest BCUT2D eigenvalue weighted by Crippen LogP contribution is -2.19. The molecule has 1 aromatic carbocycles. The maximum atomic E-state index is 9.42. The smallest absolute Gasteiger partial charge is 0.101 e. The third-order valence-corrected chi connectivity index (χ3v) is 4.68. The first-order chi connectivity index (χ1) is 12.4. The van der Waals surface area contributed by atoms with E-state index < -0.39 is 0 Å². The normalized spacial score (nSPS) is 11.7. The minimum atomic E-state index is -0.121. The lowest BCUT2D eigenvalue weighted by atomic mass is 9.88. The van der Waals surface area contributed by atoms with Crippen LogP contribution in [0.25, 0.3) is 10.9 Å². The van der Waals surface area contributed by atoms with Crippen LogP contribution >= 0.6 is 0 Å². The maximum Gasteiger partial charge on any atom is 0.101 e. The van der Waals surface area contributed by atoms with E-state index in [9.17, 15) is 5.26 Å². The van der Waals surface area contributed by atoms with Crippen molar-refractivity contribution in [3.8, 4) is 6.07 Å². The van der Waals surface area contributed by atoms with Crippen LogP contribution in [0.1, 0.15) is 48.8 Å². The molecular formula is C22H26N4. The van der Waals surface area contributed by atoms with Gasteiger partial charge in [-0.3, -0.25) is 4.98 Å². The van der Waals surface area contributed by atoms with Gasteiger partial charge in [0.05, 0.1) is 11.3 Å². The molecule has 4 nitrogen and oxygen atoms in total. The largest absolute Gasteiger partial charge is 0.358 e. The second-order valence-electron chi connectivity index (χ2n) is 7.80. The molecular weight excluding hydrogens is 320 g/mol. The zero-order valence-electron chi connectivity index (χ0n) is 16.0. The van der Waals surface area contributed by atoms with Crippen LogP contribution < -0.4 is 5.32 Å². The quantitative estimate of drug-likeness (QED) is 0.674. The molecule has 2 N–H and O–H groups in total. The van der Waals surface area contributed by atoms with Gasteiger partial charge in [0.15, 0.2) is 0 Å². The molecule has 0 aliphatic carbocycles. The van der Waals surface area contributed by atoms with Crippen molar-refractivity contribution in [3.05, 3.63) is 64.6 Å². The van der Waals surface area contributed by atoms with Crippen molar-refractivity contribution in [1.82, 2.24) is 15.3 Å². The van der Waals surface area contributed by atoms with E-state index in [1.807, 2.05) is 12.3 Å². The van der Waals surface area contributed by atoms with E-state index in [-0.39, 0.29) is 5.41 Å². The van der Waals surface area contributed by atoms with Gasteiger partial charge < -0.3 is 10.3 Å². The Balaban J connectivity index is 1.63. The first kappa shape index (κ1) is 18.2. The molecule has 0 radical (unpaired) electrons. The van der Waals surface area contributed by atoms with Crippen LogP contribution in [0.4, 0.5) is 0 Å². The number of nitrogens with one attached hydrogen (secondary N) is 2. The number of fused-ring (bicyclic) bond motifs is 1. The number of aromatic amines is 1. The molecule has 134 valence electrons. The summed E-state index contributed by atoms with van der Waals surface area (Å²) in [5.41, 5.74) is 6.25. The van der Waals surface area contributed by atoms with Crippen molar-refractivity contribution in [2.45, 2.75) is 46.1 Å². The minimum Gasteiger partial charge on any atom is -0.358 e. The summed E-state index contributed by atoms with van der Waals surface area (Å²) in [7, 11) is 0. The van der Waals surface area contributed by atoms with Gasteiger partial charge in [0.2, 0.25) is 0 Å². The van der Waals surface area contributed by atoms with Crippen LogP contribution in [0.15, 0.2) is 36.5 Å². The molecule has 0 spiro atoms. The number of nitriles is 1. The van der Waals surface area contributed by atoms with Crippen molar-refractivity contribution in [2.75, 3.05) is 6.54 Å². The number of nitrogens with zero attached hydrogens (tertiary/aromatic N) is 2. The molecule has 0 aliphatic heterocycles. The van der Waals surface area contributed by atoms with Crippen LogP contribution in [-0.4, -0.2) is 16.5 Å². The molecule has 0 fully saturated rings. The van der Waals surface area contributed by atoms with Gasteiger partial charge in [0.25, 0.3) is 0 Å². The van der Waals surface area contributed by atoms with Crippen molar-refractivity contribution in [3.63, 3.8) is 0 Å². The number of rotatable bonds is 5. The molecule has 2 aromatic heterocycles. The zero-order chi connectivity index (χ0) is 18.7. The van der Waals surface area contributed by atoms with Gasteiger partial charge in [-0.1, -0.05) is 39.0 Å². The maximum absolute atomic E-state index is 9.42. The monoisotopic (exact) mass is 346 g/mol. The fraction of sp³-hybridized carbons (Fsp3) is 0.364. The summed E-state index contributed by atoms with van der Waals surface area (Å²) in [5.74, 6) is 0. The summed E-state index contributed by atoms with van der Waals surface area (Å²) in [4.78, 5) is 7.98. The molecule has 3 rings (SSSR count). The molecule has 3 aromatic rings. The van der Waals surface area contributed by atoms with E-state index in [1.165, 1.54) is 22.2 Å². The van der Waals surface area contributed by atoms with Gasteiger partial charge in [-0.15, -0.1) is 0 Å². The Labute approximate surface area is 155 Å². The second kappa shape index (κ2) is 7.31. The van der Waals surface area contributed by atoms with E-state index in [2.05, 4.69) is 73.3 Å². The van der Waals surface area contributed by atoms with Gasteiger partial charge in [0.1, 0.15) is 6.07 Å². The van der Waals surface area contributed by atoms with Crippen molar-refractivity contribution in [1.29, 1.82) is 5.26 Å². The van der Waals surface area contributed by atoms with E-state index in [4.69, 9.17) is 0 Å². The van der Waals surface area contributed by atoms with E-state index in [1.54, 1.807) is 0 Å². The molecule has 0 saturated heterocycles. The van der Waals surface area contributed by atoms with Crippen molar-refractivity contribution < 1.29 is 0 Å². The lowest BCUT2D eigenvalue weighted by molar-refractivity contribution is 0.565. The van der Waals surface area contributed by atoms with Gasteiger partial charge in [-0.05, 0) is 43.1 Å². The highest BCUT2D eigenvalue weighted by Gasteiger charge is 2.20. The Morgan fingerprint density at radius 1 is 1.23 bits per heavy atom. The molecule has 0 unspecified atom stereocenters. The Bertz CT molecular complexity index is 954. The fourth-order valence-electron chi connectivity index (χ4n) is 3.39. The van der Waals surface area contributed by atoms with Crippen LogP contribution in [0.3, 0.4) is 0 Å². The summed E-state index contributed by atoms with van der Waals surface area (Å²) >= 11 is 0. The number of H-pyrrole nitrogens is 1. The molecule has 0 bridgehead atoms. The predicted molar refractivity (Wildman–Crippen MR) is 106 cm³/mol. The molecule has 0 saturated carbocycles. The zero-order valence-corrected chi connectivity index (χ0v) is 16.0. The summed E-state index contributed by atoms with van der Waals surface area (Å²) in [6.45, 7) is 9.97. The number of hydrogen-bond acceptors (Lipinski definition) is 3. The Morgan fingerprint density at radius 2 is 2.00 bits per heavy atom. The van der Waals surface area contributed by atoms with E-state index in [0.717, 1.165) is 24.2 Å². The van der Waals surface area contributed by atoms with Crippen molar-refractivity contribution >= 4 is 10.9 Å². The Kier molecular flexibility index (Phi) is 5.11. The Morgan fingerprint density at radius 3 is 2.73 bits per heavy atom. The molecule has 2 heterocycles. The summed E-state index contributed by atoms with van der Waals surface area (Å²) in [6.07, 6.45) is 2.85. The third-order valence-electron chi connectivity index (χ3n) is 4.68. The minimum absolute atomic E-state index is 0.121. The lowest BCUT2D eigenvalue weighted by Gasteiger charge is -2.19. The highest BCUT2D eigenvalue weighted by molar-refractivity contribution is 5.84.